The first-order valence-corrected chi connectivity index (χ1v) is 7.21. The lowest BCUT2D eigenvalue weighted by Crippen LogP contribution is -2.45. The number of hydrogen-bond donors (Lipinski definition) is 0. The minimum absolute atomic E-state index is 0.107. The number of thioether (sulfide) groups is 1. The fourth-order valence-corrected chi connectivity index (χ4v) is 2.83. The van der Waals surface area contributed by atoms with Gasteiger partial charge in [-0.2, -0.15) is 0 Å². The van der Waals surface area contributed by atoms with Gasteiger partial charge < -0.3 is 4.90 Å². The molecule has 0 saturated heterocycles. The van der Waals surface area contributed by atoms with Gasteiger partial charge in [-0.25, -0.2) is 4.98 Å². The molecule has 1 unspecified atom stereocenters. The lowest BCUT2D eigenvalue weighted by atomic mass is 10.2. The second kappa shape index (κ2) is 6.78. The fourth-order valence-electron chi connectivity index (χ4n) is 1.96. The minimum Gasteiger partial charge on any atom is -0.337 e. The average Bonchev–Trinajstić information content (AvgIpc) is 2.29. The van der Waals surface area contributed by atoms with Crippen molar-refractivity contribution >= 4 is 17.7 Å². The number of nitrogens with zero attached hydrogens (tertiary/aromatic N) is 2. The molecule has 0 aromatic carbocycles. The molecule has 4 heteroatoms. The number of amides is 1. The summed E-state index contributed by atoms with van der Waals surface area (Å²) in [7, 11) is 0. The largest absolute Gasteiger partial charge is 0.337 e. The van der Waals surface area contributed by atoms with Crippen molar-refractivity contribution in [1.82, 2.24) is 9.88 Å². The van der Waals surface area contributed by atoms with Gasteiger partial charge in [-0.05, 0) is 46.8 Å². The zero-order chi connectivity index (χ0) is 13.7. The van der Waals surface area contributed by atoms with Crippen LogP contribution in [0.4, 0.5) is 0 Å². The first-order valence-electron chi connectivity index (χ1n) is 6.33. The van der Waals surface area contributed by atoms with Crippen molar-refractivity contribution in [1.29, 1.82) is 0 Å². The van der Waals surface area contributed by atoms with Crippen LogP contribution in [0.25, 0.3) is 0 Å². The predicted octanol–water partition coefficient (Wildman–Crippen LogP) is 3.21. The molecule has 18 heavy (non-hydrogen) atoms. The monoisotopic (exact) mass is 266 g/mol. The SMILES string of the molecule is CC(Sc1ccccn1)C(=O)N(C(C)C)C(C)C. The Kier molecular flexibility index (Phi) is 5.66. The smallest absolute Gasteiger partial charge is 0.236 e. The van der Waals surface area contributed by atoms with E-state index in [1.54, 1.807) is 6.20 Å². The van der Waals surface area contributed by atoms with Crippen LogP contribution in [0.15, 0.2) is 29.4 Å². The van der Waals surface area contributed by atoms with Crippen LogP contribution in [0, 0.1) is 0 Å². The molecule has 1 amide bonds. The van der Waals surface area contributed by atoms with E-state index in [1.165, 1.54) is 11.8 Å². The molecule has 0 aliphatic rings. The summed E-state index contributed by atoms with van der Waals surface area (Å²) in [6, 6.07) is 6.21. The third-order valence-corrected chi connectivity index (χ3v) is 3.69. The molecule has 1 aromatic heterocycles. The lowest BCUT2D eigenvalue weighted by molar-refractivity contribution is -0.133. The van der Waals surface area contributed by atoms with Gasteiger partial charge in [-0.1, -0.05) is 17.8 Å². The summed E-state index contributed by atoms with van der Waals surface area (Å²) in [5, 5.41) is 0.788. The highest BCUT2D eigenvalue weighted by atomic mass is 32.2. The Balaban J connectivity index is 2.71. The maximum absolute atomic E-state index is 12.4. The Morgan fingerprint density at radius 2 is 1.78 bits per heavy atom. The molecular formula is C14H22N2OS. The molecule has 0 aliphatic heterocycles. The molecular weight excluding hydrogens is 244 g/mol. The lowest BCUT2D eigenvalue weighted by Gasteiger charge is -2.32. The molecule has 0 spiro atoms. The highest BCUT2D eigenvalue weighted by molar-refractivity contribution is 8.00. The summed E-state index contributed by atoms with van der Waals surface area (Å²) < 4.78 is 0. The maximum Gasteiger partial charge on any atom is 0.236 e. The normalized spacial score (nSPS) is 12.8. The van der Waals surface area contributed by atoms with E-state index in [0.717, 1.165) is 5.03 Å². The van der Waals surface area contributed by atoms with Gasteiger partial charge in [0.15, 0.2) is 0 Å². The Morgan fingerprint density at radius 3 is 2.22 bits per heavy atom. The molecule has 100 valence electrons. The van der Waals surface area contributed by atoms with Gasteiger partial charge in [0.25, 0.3) is 0 Å². The van der Waals surface area contributed by atoms with Gasteiger partial charge in [0.1, 0.15) is 0 Å². The van der Waals surface area contributed by atoms with Crippen molar-refractivity contribution in [2.24, 2.45) is 0 Å². The van der Waals surface area contributed by atoms with Crippen LogP contribution < -0.4 is 0 Å². The van der Waals surface area contributed by atoms with Crippen LogP contribution in [0.5, 0.6) is 0 Å². The van der Waals surface area contributed by atoms with Gasteiger partial charge in [0.2, 0.25) is 5.91 Å². The number of carbonyl (C=O) groups excluding carboxylic acids is 1. The zero-order valence-corrected chi connectivity index (χ0v) is 12.6. The van der Waals surface area contributed by atoms with Crippen molar-refractivity contribution in [3.63, 3.8) is 0 Å². The minimum atomic E-state index is -0.107. The summed E-state index contributed by atoms with van der Waals surface area (Å²) in [6.45, 7) is 10.2. The van der Waals surface area contributed by atoms with Crippen molar-refractivity contribution < 1.29 is 4.79 Å². The van der Waals surface area contributed by atoms with Crippen LogP contribution in [0.2, 0.25) is 0 Å². The molecule has 0 N–H and O–H groups in total. The molecule has 1 aromatic rings. The summed E-state index contributed by atoms with van der Waals surface area (Å²) in [6.07, 6.45) is 1.75. The van der Waals surface area contributed by atoms with Gasteiger partial charge in [-0.3, -0.25) is 4.79 Å². The van der Waals surface area contributed by atoms with Crippen LogP contribution in [-0.2, 0) is 4.79 Å². The average molecular weight is 266 g/mol. The number of aromatic nitrogens is 1. The second-order valence-corrected chi connectivity index (χ2v) is 6.22. The van der Waals surface area contributed by atoms with Crippen LogP contribution in [-0.4, -0.2) is 33.1 Å². The molecule has 0 bridgehead atoms. The second-order valence-electron chi connectivity index (χ2n) is 4.86. The third-order valence-electron chi connectivity index (χ3n) is 2.65. The highest BCUT2D eigenvalue weighted by Gasteiger charge is 2.25. The van der Waals surface area contributed by atoms with Gasteiger partial charge in [0, 0.05) is 18.3 Å². The first-order chi connectivity index (χ1) is 8.43. The molecule has 0 radical (unpaired) electrons. The van der Waals surface area contributed by atoms with E-state index in [2.05, 4.69) is 32.7 Å². The van der Waals surface area contributed by atoms with E-state index in [9.17, 15) is 4.79 Å². The molecule has 1 rings (SSSR count). The molecule has 0 aliphatic carbocycles. The van der Waals surface area contributed by atoms with Gasteiger partial charge in [0.05, 0.1) is 10.3 Å². The standard InChI is InChI=1S/C14H22N2OS/c1-10(2)16(11(3)4)14(17)12(5)18-13-8-6-7-9-15-13/h6-12H,1-5H3. The highest BCUT2D eigenvalue weighted by Crippen LogP contribution is 2.23. The summed E-state index contributed by atoms with van der Waals surface area (Å²) in [4.78, 5) is 18.6. The molecule has 3 nitrogen and oxygen atoms in total. The van der Waals surface area contributed by atoms with Crippen molar-refractivity contribution in [2.45, 2.75) is 57.0 Å². The predicted molar refractivity (Wildman–Crippen MR) is 76.7 cm³/mol. The number of rotatable bonds is 5. The summed E-state index contributed by atoms with van der Waals surface area (Å²) >= 11 is 1.51. The van der Waals surface area contributed by atoms with Gasteiger partial charge in [-0.15, -0.1) is 0 Å². The number of pyridine rings is 1. The summed E-state index contributed by atoms with van der Waals surface area (Å²) in [5.74, 6) is 0.177. The Hall–Kier alpha value is -1.03. The van der Waals surface area contributed by atoms with Crippen molar-refractivity contribution in [2.75, 3.05) is 0 Å². The van der Waals surface area contributed by atoms with Crippen molar-refractivity contribution in [3.8, 4) is 0 Å². The maximum atomic E-state index is 12.4. The molecule has 1 atom stereocenters. The fraction of sp³-hybridized carbons (Fsp3) is 0.571. The Bertz CT molecular complexity index is 371. The number of carbonyl (C=O) groups is 1. The summed E-state index contributed by atoms with van der Waals surface area (Å²) in [5.41, 5.74) is 0. The van der Waals surface area contributed by atoms with E-state index in [-0.39, 0.29) is 23.2 Å². The van der Waals surface area contributed by atoms with Gasteiger partial charge >= 0.3 is 0 Å². The zero-order valence-electron chi connectivity index (χ0n) is 11.8. The number of hydrogen-bond acceptors (Lipinski definition) is 3. The quantitative estimate of drug-likeness (QED) is 0.767. The Morgan fingerprint density at radius 1 is 1.17 bits per heavy atom. The van der Waals surface area contributed by atoms with E-state index in [4.69, 9.17) is 0 Å². The van der Waals surface area contributed by atoms with E-state index < -0.39 is 0 Å². The van der Waals surface area contributed by atoms with E-state index in [0.29, 0.717) is 0 Å². The van der Waals surface area contributed by atoms with Crippen molar-refractivity contribution in [3.05, 3.63) is 24.4 Å². The molecule has 1 heterocycles. The van der Waals surface area contributed by atoms with Crippen LogP contribution in [0.1, 0.15) is 34.6 Å². The first kappa shape index (κ1) is 15.0. The topological polar surface area (TPSA) is 33.2 Å². The van der Waals surface area contributed by atoms with Crippen LogP contribution >= 0.6 is 11.8 Å². The van der Waals surface area contributed by atoms with E-state index >= 15 is 0 Å². The van der Waals surface area contributed by atoms with Crippen LogP contribution in [0.3, 0.4) is 0 Å². The molecule has 0 saturated carbocycles. The Labute approximate surface area is 114 Å². The third kappa shape index (κ3) is 4.02. The molecule has 0 fully saturated rings. The van der Waals surface area contributed by atoms with E-state index in [1.807, 2.05) is 30.0 Å².